The molecule has 1 nitrogen and oxygen atoms in total. The van der Waals surface area contributed by atoms with Crippen molar-refractivity contribution in [2.24, 2.45) is 0 Å². The van der Waals surface area contributed by atoms with Gasteiger partial charge in [-0.3, -0.25) is 0 Å². The van der Waals surface area contributed by atoms with Crippen molar-refractivity contribution in [1.82, 2.24) is 0 Å². The fraction of sp³-hybridized carbons (Fsp3) is 0.500. The number of rotatable bonds is 5. The van der Waals surface area contributed by atoms with Gasteiger partial charge in [-0.1, -0.05) is 35.3 Å². The fourth-order valence-electron chi connectivity index (χ4n) is 1.41. The summed E-state index contributed by atoms with van der Waals surface area (Å²) in [5.41, 5.74) is 2.38. The van der Waals surface area contributed by atoms with E-state index in [9.17, 15) is 0 Å². The van der Waals surface area contributed by atoms with E-state index in [1.807, 2.05) is 0 Å². The van der Waals surface area contributed by atoms with Crippen LogP contribution in [0, 0.1) is 0 Å². The Kier molecular flexibility index (Phi) is 5.48. The van der Waals surface area contributed by atoms with Gasteiger partial charge < -0.3 is 4.90 Å². The molecular weight excluding hydrogens is 273 g/mol. The van der Waals surface area contributed by atoms with Crippen LogP contribution in [0.15, 0.2) is 22.7 Å². The topological polar surface area (TPSA) is 3.24 Å². The van der Waals surface area contributed by atoms with Crippen LogP contribution in [-0.4, -0.2) is 13.6 Å². The second-order valence-electron chi connectivity index (χ2n) is 3.68. The van der Waals surface area contributed by atoms with Crippen LogP contribution in [0.1, 0.15) is 25.3 Å². The van der Waals surface area contributed by atoms with Crippen molar-refractivity contribution in [3.63, 3.8) is 0 Å². The van der Waals surface area contributed by atoms with Crippen LogP contribution in [0.2, 0.25) is 0 Å². The predicted octanol–water partition coefficient (Wildman–Crippen LogP) is 4.42. The number of hydrogen-bond donors (Lipinski definition) is 0. The van der Waals surface area contributed by atoms with Crippen molar-refractivity contribution < 1.29 is 0 Å². The Morgan fingerprint density at radius 1 is 1.40 bits per heavy atom. The van der Waals surface area contributed by atoms with E-state index in [0.717, 1.165) is 16.6 Å². The molecule has 0 atom stereocenters. The first kappa shape index (κ1) is 12.9. The monoisotopic (exact) mass is 289 g/mol. The molecule has 0 spiro atoms. The van der Waals surface area contributed by atoms with Crippen LogP contribution in [0.5, 0.6) is 0 Å². The van der Waals surface area contributed by atoms with Crippen molar-refractivity contribution in [2.45, 2.75) is 25.6 Å². The molecule has 0 aliphatic rings. The Balaban J connectivity index is 2.73. The van der Waals surface area contributed by atoms with Gasteiger partial charge in [-0.15, -0.1) is 11.6 Å². The molecule has 0 heterocycles. The standard InChI is InChI=1S/C12H17BrClN/c1-3-4-7-15(2)11-6-5-10(9-14)12(13)8-11/h5-6,8H,3-4,7,9H2,1-2H3. The molecule has 1 rings (SSSR count). The quantitative estimate of drug-likeness (QED) is 0.725. The molecule has 0 unspecified atom stereocenters. The molecule has 0 aliphatic heterocycles. The summed E-state index contributed by atoms with van der Waals surface area (Å²) in [6, 6.07) is 6.33. The van der Waals surface area contributed by atoms with E-state index in [1.54, 1.807) is 0 Å². The van der Waals surface area contributed by atoms with E-state index in [0.29, 0.717) is 5.88 Å². The number of halogens is 2. The lowest BCUT2D eigenvalue weighted by Crippen LogP contribution is -2.18. The molecule has 0 bridgehead atoms. The Morgan fingerprint density at radius 2 is 2.13 bits per heavy atom. The summed E-state index contributed by atoms with van der Waals surface area (Å²) in [6.07, 6.45) is 2.46. The highest BCUT2D eigenvalue weighted by molar-refractivity contribution is 9.10. The summed E-state index contributed by atoms with van der Waals surface area (Å²) in [5.74, 6) is 0.555. The minimum atomic E-state index is 0.555. The first-order valence-electron chi connectivity index (χ1n) is 5.24. The molecule has 0 saturated carbocycles. The molecular formula is C12H17BrClN. The largest absolute Gasteiger partial charge is 0.375 e. The average molecular weight is 291 g/mol. The lowest BCUT2D eigenvalue weighted by atomic mass is 10.2. The lowest BCUT2D eigenvalue weighted by Gasteiger charge is -2.19. The van der Waals surface area contributed by atoms with Crippen molar-refractivity contribution in [3.05, 3.63) is 28.2 Å². The van der Waals surface area contributed by atoms with Gasteiger partial charge >= 0.3 is 0 Å². The van der Waals surface area contributed by atoms with Crippen molar-refractivity contribution in [3.8, 4) is 0 Å². The molecule has 0 aliphatic carbocycles. The van der Waals surface area contributed by atoms with Crippen LogP contribution in [-0.2, 0) is 5.88 Å². The van der Waals surface area contributed by atoms with Gasteiger partial charge in [0.2, 0.25) is 0 Å². The Hall–Kier alpha value is -0.210. The molecule has 0 fully saturated rings. The maximum Gasteiger partial charge on any atom is 0.0485 e. The van der Waals surface area contributed by atoms with Crippen LogP contribution in [0.3, 0.4) is 0 Å². The molecule has 84 valence electrons. The van der Waals surface area contributed by atoms with Gasteiger partial charge in [0.25, 0.3) is 0 Å². The Morgan fingerprint density at radius 3 is 2.67 bits per heavy atom. The third kappa shape index (κ3) is 3.69. The molecule has 0 radical (unpaired) electrons. The van der Waals surface area contributed by atoms with Crippen LogP contribution < -0.4 is 4.90 Å². The van der Waals surface area contributed by atoms with Crippen molar-refractivity contribution in [2.75, 3.05) is 18.5 Å². The number of nitrogens with zero attached hydrogens (tertiary/aromatic N) is 1. The normalized spacial score (nSPS) is 10.4. The smallest absolute Gasteiger partial charge is 0.0485 e. The van der Waals surface area contributed by atoms with E-state index in [-0.39, 0.29) is 0 Å². The fourth-order valence-corrected chi connectivity index (χ4v) is 2.31. The zero-order chi connectivity index (χ0) is 11.3. The minimum Gasteiger partial charge on any atom is -0.375 e. The highest BCUT2D eigenvalue weighted by Crippen LogP contribution is 2.24. The minimum absolute atomic E-state index is 0.555. The average Bonchev–Trinajstić information content (AvgIpc) is 2.25. The maximum atomic E-state index is 5.80. The third-order valence-corrected chi connectivity index (χ3v) is 3.49. The highest BCUT2D eigenvalue weighted by atomic mass is 79.9. The van der Waals surface area contributed by atoms with Gasteiger partial charge in [-0.05, 0) is 24.1 Å². The molecule has 1 aromatic rings. The summed E-state index contributed by atoms with van der Waals surface area (Å²) in [6.45, 7) is 3.31. The number of anilines is 1. The van der Waals surface area contributed by atoms with E-state index < -0.39 is 0 Å². The van der Waals surface area contributed by atoms with Crippen LogP contribution >= 0.6 is 27.5 Å². The second kappa shape index (κ2) is 6.39. The predicted molar refractivity (Wildman–Crippen MR) is 71.9 cm³/mol. The second-order valence-corrected chi connectivity index (χ2v) is 4.81. The van der Waals surface area contributed by atoms with Gasteiger partial charge in [0, 0.05) is 29.6 Å². The summed E-state index contributed by atoms with van der Waals surface area (Å²) >= 11 is 9.34. The molecule has 15 heavy (non-hydrogen) atoms. The maximum absolute atomic E-state index is 5.80. The molecule has 1 aromatic carbocycles. The van der Waals surface area contributed by atoms with Crippen LogP contribution in [0.4, 0.5) is 5.69 Å². The summed E-state index contributed by atoms with van der Waals surface area (Å²) < 4.78 is 1.10. The van der Waals surface area contributed by atoms with Crippen molar-refractivity contribution in [1.29, 1.82) is 0 Å². The summed E-state index contributed by atoms with van der Waals surface area (Å²) in [4.78, 5) is 2.27. The van der Waals surface area contributed by atoms with Gasteiger partial charge in [0.15, 0.2) is 0 Å². The highest BCUT2D eigenvalue weighted by Gasteiger charge is 2.03. The number of hydrogen-bond acceptors (Lipinski definition) is 1. The molecule has 0 saturated heterocycles. The SMILES string of the molecule is CCCCN(C)c1ccc(CCl)c(Br)c1. The summed E-state index contributed by atoms with van der Waals surface area (Å²) in [7, 11) is 2.12. The van der Waals surface area contributed by atoms with E-state index in [1.165, 1.54) is 18.5 Å². The zero-order valence-electron chi connectivity index (χ0n) is 9.26. The molecule has 3 heteroatoms. The lowest BCUT2D eigenvalue weighted by molar-refractivity contribution is 0.766. The van der Waals surface area contributed by atoms with Gasteiger partial charge in [-0.25, -0.2) is 0 Å². The third-order valence-electron chi connectivity index (χ3n) is 2.47. The molecule has 0 N–H and O–H groups in total. The number of unbranched alkanes of at least 4 members (excludes halogenated alkanes) is 1. The first-order valence-corrected chi connectivity index (χ1v) is 6.57. The Bertz CT molecular complexity index is 314. The van der Waals surface area contributed by atoms with E-state index >= 15 is 0 Å². The van der Waals surface area contributed by atoms with Gasteiger partial charge in [0.1, 0.15) is 0 Å². The van der Waals surface area contributed by atoms with E-state index in [4.69, 9.17) is 11.6 Å². The number of alkyl halides is 1. The molecule has 0 amide bonds. The van der Waals surface area contributed by atoms with Crippen LogP contribution in [0.25, 0.3) is 0 Å². The van der Waals surface area contributed by atoms with Crippen molar-refractivity contribution >= 4 is 33.2 Å². The first-order chi connectivity index (χ1) is 7.19. The molecule has 0 aromatic heterocycles. The summed E-state index contributed by atoms with van der Waals surface area (Å²) in [5, 5.41) is 0. The van der Waals surface area contributed by atoms with Gasteiger partial charge in [0.05, 0.1) is 0 Å². The van der Waals surface area contributed by atoms with E-state index in [2.05, 4.69) is 53.0 Å². The number of benzene rings is 1. The Labute approximate surface area is 106 Å². The van der Waals surface area contributed by atoms with Gasteiger partial charge in [-0.2, -0.15) is 0 Å². The zero-order valence-corrected chi connectivity index (χ0v) is 11.6.